The topological polar surface area (TPSA) is 66.6 Å². The zero-order chi connectivity index (χ0) is 15.4. The molecule has 0 spiro atoms. The highest BCUT2D eigenvalue weighted by molar-refractivity contribution is 6.30. The number of nitrogens with two attached hydrogens (primary N) is 1. The number of halogens is 1. The van der Waals surface area contributed by atoms with Crippen molar-refractivity contribution in [3.05, 3.63) is 34.9 Å². The van der Waals surface area contributed by atoms with E-state index in [0.29, 0.717) is 31.2 Å². The maximum Gasteiger partial charge on any atom is 0.223 e. The molecule has 2 N–H and O–H groups in total. The largest absolute Gasteiger partial charge is 0.369 e. The Kier molecular flexibility index (Phi) is 5.20. The molecule has 1 aliphatic heterocycles. The van der Waals surface area contributed by atoms with Crippen LogP contribution in [0, 0.1) is 5.92 Å². The first-order chi connectivity index (χ1) is 9.95. The number of carbonyl (C=O) groups excluding carboxylic acids is 2. The van der Waals surface area contributed by atoms with Gasteiger partial charge in [-0.25, -0.2) is 0 Å². The fraction of sp³-hybridized carbons (Fsp3) is 0.467. The number of nitrogens with zero attached hydrogens (tertiary/aromatic N) is 2. The van der Waals surface area contributed by atoms with Crippen LogP contribution in [-0.4, -0.2) is 47.8 Å². The van der Waals surface area contributed by atoms with Gasteiger partial charge in [0.15, 0.2) is 0 Å². The first-order valence-corrected chi connectivity index (χ1v) is 7.35. The summed E-state index contributed by atoms with van der Waals surface area (Å²) in [5.41, 5.74) is 6.54. The Morgan fingerprint density at radius 1 is 1.33 bits per heavy atom. The average molecular weight is 310 g/mol. The molecule has 0 saturated carbocycles. The van der Waals surface area contributed by atoms with Crippen molar-refractivity contribution in [1.29, 1.82) is 0 Å². The summed E-state index contributed by atoms with van der Waals surface area (Å²) >= 11 is 5.99. The van der Waals surface area contributed by atoms with Crippen LogP contribution < -0.4 is 5.73 Å². The van der Waals surface area contributed by atoms with Gasteiger partial charge in [0.1, 0.15) is 0 Å². The molecule has 1 aromatic carbocycles. The van der Waals surface area contributed by atoms with Crippen LogP contribution in [0.25, 0.3) is 0 Å². The van der Waals surface area contributed by atoms with E-state index in [1.807, 2.05) is 24.3 Å². The molecule has 1 aliphatic rings. The van der Waals surface area contributed by atoms with Gasteiger partial charge < -0.3 is 10.6 Å². The van der Waals surface area contributed by atoms with E-state index in [0.717, 1.165) is 12.1 Å². The van der Waals surface area contributed by atoms with Crippen molar-refractivity contribution < 1.29 is 9.59 Å². The molecule has 0 radical (unpaired) electrons. The van der Waals surface area contributed by atoms with Crippen molar-refractivity contribution in [2.45, 2.75) is 13.5 Å². The van der Waals surface area contributed by atoms with E-state index in [4.69, 9.17) is 17.3 Å². The fourth-order valence-corrected chi connectivity index (χ4v) is 2.80. The van der Waals surface area contributed by atoms with E-state index >= 15 is 0 Å². The first-order valence-electron chi connectivity index (χ1n) is 6.97. The van der Waals surface area contributed by atoms with Crippen molar-refractivity contribution in [2.75, 3.05) is 26.2 Å². The monoisotopic (exact) mass is 309 g/mol. The highest BCUT2D eigenvalue weighted by Gasteiger charge is 2.27. The van der Waals surface area contributed by atoms with Gasteiger partial charge in [0, 0.05) is 44.7 Å². The third-order valence-corrected chi connectivity index (χ3v) is 3.98. The van der Waals surface area contributed by atoms with Crippen molar-refractivity contribution in [3.8, 4) is 0 Å². The molecule has 114 valence electrons. The van der Waals surface area contributed by atoms with Gasteiger partial charge in [-0.2, -0.15) is 0 Å². The Hall–Kier alpha value is -1.59. The molecule has 0 aliphatic carbocycles. The number of rotatable bonds is 3. The Morgan fingerprint density at radius 3 is 2.71 bits per heavy atom. The zero-order valence-electron chi connectivity index (χ0n) is 12.1. The van der Waals surface area contributed by atoms with Gasteiger partial charge in [-0.1, -0.05) is 23.7 Å². The lowest BCUT2D eigenvalue weighted by atomic mass is 10.1. The molecule has 1 atom stereocenters. The molecule has 0 aromatic heterocycles. The van der Waals surface area contributed by atoms with Crippen LogP contribution >= 0.6 is 11.6 Å². The van der Waals surface area contributed by atoms with Crippen molar-refractivity contribution >= 4 is 23.4 Å². The standard InChI is InChI=1S/C15H20ClN3O2/c1-11(20)19-6-5-18(9-13(10-19)15(17)21)8-12-3-2-4-14(16)7-12/h2-4,7,13H,5-6,8-10H2,1H3,(H2,17,21)/t13-/m0/s1. The minimum atomic E-state index is -0.362. The Morgan fingerprint density at radius 2 is 2.10 bits per heavy atom. The maximum atomic E-state index is 11.6. The number of carbonyl (C=O) groups is 2. The van der Waals surface area contributed by atoms with Crippen LogP contribution in [0.15, 0.2) is 24.3 Å². The SMILES string of the molecule is CC(=O)N1CCN(Cc2cccc(Cl)c2)C[C@H](C(N)=O)C1. The van der Waals surface area contributed by atoms with Crippen LogP contribution in [0.5, 0.6) is 0 Å². The predicted octanol–water partition coefficient (Wildman–Crippen LogP) is 1.11. The lowest BCUT2D eigenvalue weighted by Crippen LogP contribution is -2.39. The van der Waals surface area contributed by atoms with Crippen LogP contribution in [-0.2, 0) is 16.1 Å². The first kappa shape index (κ1) is 15.8. The Balaban J connectivity index is 2.09. The molecule has 2 rings (SSSR count). The van der Waals surface area contributed by atoms with Gasteiger partial charge in [-0.15, -0.1) is 0 Å². The number of hydrogen-bond donors (Lipinski definition) is 1. The molecule has 6 heteroatoms. The number of primary amides is 1. The lowest BCUT2D eigenvalue weighted by molar-refractivity contribution is -0.130. The van der Waals surface area contributed by atoms with Gasteiger partial charge in [-0.3, -0.25) is 14.5 Å². The molecule has 1 fully saturated rings. The smallest absolute Gasteiger partial charge is 0.223 e. The molecule has 1 saturated heterocycles. The van der Waals surface area contributed by atoms with E-state index in [1.165, 1.54) is 6.92 Å². The molecule has 1 aromatic rings. The van der Waals surface area contributed by atoms with Crippen molar-refractivity contribution in [2.24, 2.45) is 11.7 Å². The molecule has 1 heterocycles. The van der Waals surface area contributed by atoms with Crippen LogP contribution in [0.3, 0.4) is 0 Å². The third-order valence-electron chi connectivity index (χ3n) is 3.75. The highest BCUT2D eigenvalue weighted by atomic mass is 35.5. The summed E-state index contributed by atoms with van der Waals surface area (Å²) in [6, 6.07) is 7.65. The van der Waals surface area contributed by atoms with Gasteiger partial charge in [-0.05, 0) is 17.7 Å². The van der Waals surface area contributed by atoms with E-state index < -0.39 is 0 Å². The van der Waals surface area contributed by atoms with Crippen molar-refractivity contribution in [1.82, 2.24) is 9.80 Å². The summed E-state index contributed by atoms with van der Waals surface area (Å²) in [5.74, 6) is -0.722. The summed E-state index contributed by atoms with van der Waals surface area (Å²) in [7, 11) is 0. The van der Waals surface area contributed by atoms with Gasteiger partial charge in [0.2, 0.25) is 11.8 Å². The summed E-state index contributed by atoms with van der Waals surface area (Å²) in [6.45, 7) is 4.50. The molecular weight excluding hydrogens is 290 g/mol. The van der Waals surface area contributed by atoms with Gasteiger partial charge in [0.25, 0.3) is 0 Å². The van der Waals surface area contributed by atoms with Crippen molar-refractivity contribution in [3.63, 3.8) is 0 Å². The van der Waals surface area contributed by atoms with E-state index in [2.05, 4.69) is 4.90 Å². The van der Waals surface area contributed by atoms with E-state index in [1.54, 1.807) is 4.90 Å². The van der Waals surface area contributed by atoms with Gasteiger partial charge >= 0.3 is 0 Å². The second kappa shape index (κ2) is 6.91. The quantitative estimate of drug-likeness (QED) is 0.909. The molecular formula is C15H20ClN3O2. The average Bonchev–Trinajstić information content (AvgIpc) is 2.61. The summed E-state index contributed by atoms with van der Waals surface area (Å²) in [6.07, 6.45) is 0. The number of benzene rings is 1. The van der Waals surface area contributed by atoms with Crippen LogP contribution in [0.4, 0.5) is 0 Å². The normalized spacial score (nSPS) is 20.1. The zero-order valence-corrected chi connectivity index (χ0v) is 12.8. The predicted molar refractivity (Wildman–Crippen MR) is 81.7 cm³/mol. The third kappa shape index (κ3) is 4.44. The number of hydrogen-bond acceptors (Lipinski definition) is 3. The van der Waals surface area contributed by atoms with Crippen LogP contribution in [0.2, 0.25) is 5.02 Å². The van der Waals surface area contributed by atoms with E-state index in [9.17, 15) is 9.59 Å². The second-order valence-electron chi connectivity index (χ2n) is 5.43. The highest BCUT2D eigenvalue weighted by Crippen LogP contribution is 2.16. The van der Waals surface area contributed by atoms with E-state index in [-0.39, 0.29) is 17.7 Å². The Bertz CT molecular complexity index is 535. The molecule has 21 heavy (non-hydrogen) atoms. The molecule has 2 amide bonds. The fourth-order valence-electron chi connectivity index (χ4n) is 2.58. The molecule has 0 bridgehead atoms. The molecule has 0 unspecified atom stereocenters. The second-order valence-corrected chi connectivity index (χ2v) is 5.87. The number of amides is 2. The van der Waals surface area contributed by atoms with Gasteiger partial charge in [0.05, 0.1) is 5.92 Å². The molecule has 5 nitrogen and oxygen atoms in total. The minimum Gasteiger partial charge on any atom is -0.369 e. The summed E-state index contributed by atoms with van der Waals surface area (Å²) < 4.78 is 0. The lowest BCUT2D eigenvalue weighted by Gasteiger charge is -2.22. The minimum absolute atomic E-state index is 0.0224. The Labute approximate surface area is 129 Å². The summed E-state index contributed by atoms with van der Waals surface area (Å²) in [5, 5.41) is 0.694. The van der Waals surface area contributed by atoms with Crippen LogP contribution in [0.1, 0.15) is 12.5 Å². The summed E-state index contributed by atoms with van der Waals surface area (Å²) in [4.78, 5) is 27.0. The maximum absolute atomic E-state index is 11.6.